The Kier molecular flexibility index (Phi) is 5.88. The van der Waals surface area contributed by atoms with Gasteiger partial charge in [0.2, 0.25) is 5.95 Å². The van der Waals surface area contributed by atoms with Crippen LogP contribution in [0.2, 0.25) is 0 Å². The first-order valence-corrected chi connectivity index (χ1v) is 19.4. The highest BCUT2D eigenvalue weighted by Gasteiger charge is 2.54. The van der Waals surface area contributed by atoms with E-state index in [0.717, 1.165) is 72.7 Å². The van der Waals surface area contributed by atoms with Crippen molar-refractivity contribution in [2.45, 2.75) is 11.8 Å². The lowest BCUT2D eigenvalue weighted by Gasteiger charge is -2.18. The normalized spacial score (nSPS) is 17.7. The van der Waals surface area contributed by atoms with E-state index in [2.05, 4.69) is 179 Å². The number of hydrogen-bond donors (Lipinski definition) is 0. The molecule has 0 amide bonds. The number of furan rings is 1. The molecule has 2 aliphatic carbocycles. The van der Waals surface area contributed by atoms with Crippen LogP contribution in [-0.4, -0.2) is 19.1 Å². The fraction of sp³-hybridized carbons (Fsp3) is 0.0588. The van der Waals surface area contributed by atoms with Crippen molar-refractivity contribution in [3.05, 3.63) is 182 Å². The Balaban J connectivity index is 1.17. The van der Waals surface area contributed by atoms with Crippen molar-refractivity contribution in [1.29, 1.82) is 0 Å². The molecule has 1 fully saturated rings. The molecule has 13 rings (SSSR count). The van der Waals surface area contributed by atoms with E-state index in [1.54, 1.807) is 0 Å². The van der Waals surface area contributed by atoms with Crippen LogP contribution in [0.3, 0.4) is 0 Å². The molecule has 2 aliphatic rings. The highest BCUT2D eigenvalue weighted by Crippen LogP contribution is 2.58. The maximum absolute atomic E-state index is 6.53. The number of aromatic nitrogens is 4. The van der Waals surface area contributed by atoms with Gasteiger partial charge >= 0.3 is 0 Å². The molecule has 0 N–H and O–H groups in total. The van der Waals surface area contributed by atoms with Gasteiger partial charge in [-0.2, -0.15) is 0 Å². The van der Waals surface area contributed by atoms with E-state index in [9.17, 15) is 0 Å². The van der Waals surface area contributed by atoms with Crippen LogP contribution < -0.4 is 0 Å². The van der Waals surface area contributed by atoms with Gasteiger partial charge in [0.1, 0.15) is 11.2 Å². The van der Waals surface area contributed by atoms with Crippen LogP contribution in [0.5, 0.6) is 0 Å². The first-order valence-electron chi connectivity index (χ1n) is 19.4. The SMILES string of the molecule is C1=CC2CC2(c2nc(-n3c4ccccc4c4c5c6ccc7oc8ccccc8c7c6n(-c6cccc(-c7ccccc7)c6)c5ccc43)nc3ccccc23)C=C1. The van der Waals surface area contributed by atoms with Gasteiger partial charge in [-0.3, -0.25) is 4.57 Å². The average molecular weight is 717 g/mol. The second-order valence-corrected chi connectivity index (χ2v) is 15.4. The zero-order valence-corrected chi connectivity index (χ0v) is 30.2. The predicted molar refractivity (Wildman–Crippen MR) is 229 cm³/mol. The third-order valence-corrected chi connectivity index (χ3v) is 12.4. The zero-order chi connectivity index (χ0) is 36.5. The first-order chi connectivity index (χ1) is 27.7. The summed E-state index contributed by atoms with van der Waals surface area (Å²) in [5.74, 6) is 1.16. The highest BCUT2D eigenvalue weighted by molar-refractivity contribution is 6.33. The Morgan fingerprint density at radius 2 is 1.29 bits per heavy atom. The maximum Gasteiger partial charge on any atom is 0.235 e. The molecule has 4 heterocycles. The second kappa shape index (κ2) is 10.9. The quantitative estimate of drug-likeness (QED) is 0.182. The Hall–Kier alpha value is -7.24. The van der Waals surface area contributed by atoms with E-state index in [-0.39, 0.29) is 5.41 Å². The van der Waals surface area contributed by atoms with Crippen LogP contribution >= 0.6 is 0 Å². The highest BCUT2D eigenvalue weighted by atomic mass is 16.3. The molecule has 0 saturated heterocycles. The number of benzene rings is 7. The van der Waals surface area contributed by atoms with E-state index in [1.807, 2.05) is 6.07 Å². The van der Waals surface area contributed by atoms with E-state index in [4.69, 9.17) is 14.4 Å². The fourth-order valence-electron chi connectivity index (χ4n) is 9.83. The van der Waals surface area contributed by atoms with Crippen LogP contribution in [-0.2, 0) is 5.41 Å². The topological polar surface area (TPSA) is 48.8 Å². The summed E-state index contributed by atoms with van der Waals surface area (Å²) in [5, 5.41) is 8.09. The number of rotatable bonds is 4. The van der Waals surface area contributed by atoms with E-state index < -0.39 is 0 Å². The van der Waals surface area contributed by atoms with Gasteiger partial charge in [0.15, 0.2) is 0 Å². The number of allylic oxidation sites excluding steroid dienone is 4. The zero-order valence-electron chi connectivity index (χ0n) is 30.2. The summed E-state index contributed by atoms with van der Waals surface area (Å²) in [5.41, 5.74) is 11.6. The third-order valence-electron chi connectivity index (χ3n) is 12.4. The Labute approximate surface area is 321 Å². The smallest absolute Gasteiger partial charge is 0.235 e. The summed E-state index contributed by atoms with van der Waals surface area (Å²) in [6.45, 7) is 0. The van der Waals surface area contributed by atoms with Gasteiger partial charge in [-0.25, -0.2) is 9.97 Å². The molecular weight excluding hydrogens is 685 g/mol. The second-order valence-electron chi connectivity index (χ2n) is 15.4. The summed E-state index contributed by atoms with van der Waals surface area (Å²) in [6.07, 6.45) is 10.1. The number of para-hydroxylation sites is 3. The van der Waals surface area contributed by atoms with Crippen molar-refractivity contribution in [3.63, 3.8) is 0 Å². The summed E-state index contributed by atoms with van der Waals surface area (Å²) in [7, 11) is 0. The van der Waals surface area contributed by atoms with Gasteiger partial charge in [0.25, 0.3) is 0 Å². The van der Waals surface area contributed by atoms with E-state index in [0.29, 0.717) is 11.9 Å². The molecule has 5 heteroatoms. The number of fused-ring (bicyclic) bond motifs is 13. The Morgan fingerprint density at radius 3 is 2.18 bits per heavy atom. The van der Waals surface area contributed by atoms with Crippen LogP contribution in [0.25, 0.3) is 99.2 Å². The minimum atomic E-state index is -0.0987. The predicted octanol–water partition coefficient (Wildman–Crippen LogP) is 12.8. The molecular formula is C51H32N4O. The molecule has 11 aromatic rings. The molecule has 1 saturated carbocycles. The fourth-order valence-corrected chi connectivity index (χ4v) is 9.83. The summed E-state index contributed by atoms with van der Waals surface area (Å²) < 4.78 is 11.3. The lowest BCUT2D eigenvalue weighted by Crippen LogP contribution is -2.14. The molecule has 0 radical (unpaired) electrons. The van der Waals surface area contributed by atoms with Gasteiger partial charge in [-0.15, -0.1) is 0 Å². The summed E-state index contributed by atoms with van der Waals surface area (Å²) in [4.78, 5) is 10.8. The van der Waals surface area contributed by atoms with Gasteiger partial charge < -0.3 is 8.98 Å². The molecule has 0 bridgehead atoms. The summed E-state index contributed by atoms with van der Waals surface area (Å²) >= 11 is 0. The molecule has 56 heavy (non-hydrogen) atoms. The molecule has 2 unspecified atom stereocenters. The van der Waals surface area contributed by atoms with Gasteiger partial charge in [0.05, 0.1) is 38.7 Å². The van der Waals surface area contributed by atoms with Gasteiger partial charge in [-0.05, 0) is 78.1 Å². The molecule has 2 atom stereocenters. The molecule has 0 aliphatic heterocycles. The number of nitrogens with zero attached hydrogens (tertiary/aromatic N) is 4. The van der Waals surface area contributed by atoms with Crippen molar-refractivity contribution in [2.75, 3.05) is 0 Å². The van der Waals surface area contributed by atoms with Gasteiger partial charge in [-0.1, -0.05) is 121 Å². The minimum absolute atomic E-state index is 0.0987. The monoisotopic (exact) mass is 716 g/mol. The molecule has 0 spiro atoms. The molecule has 5 nitrogen and oxygen atoms in total. The third kappa shape index (κ3) is 3.98. The van der Waals surface area contributed by atoms with Crippen LogP contribution in [0.4, 0.5) is 0 Å². The van der Waals surface area contributed by atoms with Crippen molar-refractivity contribution in [3.8, 4) is 22.8 Å². The lowest BCUT2D eigenvalue weighted by atomic mass is 9.92. The van der Waals surface area contributed by atoms with E-state index >= 15 is 0 Å². The van der Waals surface area contributed by atoms with Crippen molar-refractivity contribution >= 4 is 76.5 Å². The standard InChI is InChI=1S/C51H32N4O/c1-2-13-31(14-3-1)32-15-12-17-34(29-32)54-41-25-26-42-45(46(41)38-24-27-44-47(48(38)54)37-20-6-9-23-43(37)56-44)36-19-5-8-22-40(36)55(42)50-52-39-21-7-4-18-35(39)49(53-50)51-28-11-10-16-33(51)30-51/h1-29,33H,30H2. The van der Waals surface area contributed by atoms with Crippen molar-refractivity contribution in [1.82, 2.24) is 19.1 Å². The largest absolute Gasteiger partial charge is 0.456 e. The Morgan fingerprint density at radius 1 is 0.536 bits per heavy atom. The molecule has 7 aromatic carbocycles. The van der Waals surface area contributed by atoms with E-state index in [1.165, 1.54) is 32.7 Å². The Bertz CT molecular complexity index is 3530. The van der Waals surface area contributed by atoms with Gasteiger partial charge in [0, 0.05) is 43.4 Å². The lowest BCUT2D eigenvalue weighted by molar-refractivity contribution is 0.669. The van der Waals surface area contributed by atoms with Crippen LogP contribution in [0, 0.1) is 5.92 Å². The van der Waals surface area contributed by atoms with Crippen LogP contribution in [0.15, 0.2) is 180 Å². The minimum Gasteiger partial charge on any atom is -0.456 e. The molecule has 262 valence electrons. The van der Waals surface area contributed by atoms with Crippen molar-refractivity contribution in [2.24, 2.45) is 5.92 Å². The first kappa shape index (κ1) is 30.1. The number of hydrogen-bond acceptors (Lipinski definition) is 3. The van der Waals surface area contributed by atoms with Crippen molar-refractivity contribution < 1.29 is 4.42 Å². The summed E-state index contributed by atoms with van der Waals surface area (Å²) in [6, 6.07) is 54.1. The molecule has 4 aromatic heterocycles. The van der Waals surface area contributed by atoms with Crippen LogP contribution in [0.1, 0.15) is 12.1 Å². The average Bonchev–Trinajstić information content (AvgIpc) is 3.55. The maximum atomic E-state index is 6.53.